The molecule has 3 aromatic rings. The number of hydrogen-bond donors (Lipinski definition) is 3. The van der Waals surface area contributed by atoms with E-state index in [2.05, 4.69) is 16.9 Å². The largest absolute Gasteiger partial charge is 0.508 e. The maximum absolute atomic E-state index is 11.7. The summed E-state index contributed by atoms with van der Waals surface area (Å²) in [5, 5.41) is 13.4. The highest BCUT2D eigenvalue weighted by Crippen LogP contribution is 2.32. The third-order valence-corrected chi connectivity index (χ3v) is 5.04. The summed E-state index contributed by atoms with van der Waals surface area (Å²) < 4.78 is 0. The number of aliphatic imine (C=N–C) groups is 1. The maximum Gasteiger partial charge on any atom is 0.151 e. The first kappa shape index (κ1) is 20.9. The first-order valence-corrected chi connectivity index (χ1v) is 9.59. The van der Waals surface area contributed by atoms with Crippen molar-refractivity contribution >= 4 is 18.3 Å². The molecular weight excluding hydrogens is 374 g/mol. The van der Waals surface area contributed by atoms with Crippen molar-refractivity contribution in [3.63, 3.8) is 0 Å². The molecule has 3 aromatic carbocycles. The van der Waals surface area contributed by atoms with E-state index in [9.17, 15) is 9.90 Å². The normalized spacial score (nSPS) is 13.0. The van der Waals surface area contributed by atoms with Gasteiger partial charge in [0.05, 0.1) is 6.34 Å². The average molecular weight is 399 g/mol. The summed E-state index contributed by atoms with van der Waals surface area (Å²) in [6.07, 6.45) is 1.91. The van der Waals surface area contributed by atoms with Gasteiger partial charge in [0, 0.05) is 12.2 Å². The molecule has 0 bridgehead atoms. The lowest BCUT2D eigenvalue weighted by atomic mass is 9.90. The Balaban J connectivity index is 1.93. The molecule has 1 unspecified atom stereocenters. The lowest BCUT2D eigenvalue weighted by Gasteiger charge is -2.20. The lowest BCUT2D eigenvalue weighted by Crippen LogP contribution is -2.22. The maximum atomic E-state index is 11.7. The molecular formula is C25H25N3O2. The van der Waals surface area contributed by atoms with Gasteiger partial charge in [-0.1, -0.05) is 61.2 Å². The number of nitrogens with one attached hydrogen (secondary N) is 1. The Labute approximate surface area is 176 Å². The van der Waals surface area contributed by atoms with E-state index in [0.29, 0.717) is 12.1 Å². The lowest BCUT2D eigenvalue weighted by molar-refractivity contribution is -0.111. The molecule has 152 valence electrons. The van der Waals surface area contributed by atoms with Crippen molar-refractivity contribution in [2.75, 3.05) is 0 Å². The van der Waals surface area contributed by atoms with Crippen LogP contribution in [0.4, 0.5) is 0 Å². The fourth-order valence-corrected chi connectivity index (χ4v) is 3.26. The van der Waals surface area contributed by atoms with Gasteiger partial charge in [-0.25, -0.2) is 0 Å². The Morgan fingerprint density at radius 3 is 2.60 bits per heavy atom. The third kappa shape index (κ3) is 4.58. The van der Waals surface area contributed by atoms with Gasteiger partial charge < -0.3 is 21.0 Å². The number of rotatable bonds is 8. The number of carbonyl (C=O) groups is 1. The third-order valence-electron chi connectivity index (χ3n) is 5.04. The molecule has 30 heavy (non-hydrogen) atoms. The number of aromatic hydroxyl groups is 1. The van der Waals surface area contributed by atoms with Crippen molar-refractivity contribution < 1.29 is 9.90 Å². The monoisotopic (exact) mass is 399 g/mol. The van der Waals surface area contributed by atoms with Gasteiger partial charge in [0.15, 0.2) is 6.29 Å². The van der Waals surface area contributed by atoms with E-state index in [4.69, 9.17) is 5.73 Å². The highest BCUT2D eigenvalue weighted by atomic mass is 16.3. The Morgan fingerprint density at radius 2 is 1.90 bits per heavy atom. The van der Waals surface area contributed by atoms with Crippen LogP contribution >= 0.6 is 0 Å². The summed E-state index contributed by atoms with van der Waals surface area (Å²) in [4.78, 5) is 15.8. The molecule has 0 aliphatic rings. The molecule has 0 spiro atoms. The van der Waals surface area contributed by atoms with Crippen LogP contribution < -0.4 is 11.1 Å². The summed E-state index contributed by atoms with van der Waals surface area (Å²) in [6.45, 7) is 6.34. The molecule has 0 radical (unpaired) electrons. The van der Waals surface area contributed by atoms with Crippen LogP contribution in [0.3, 0.4) is 0 Å². The first-order valence-electron chi connectivity index (χ1n) is 9.59. The van der Waals surface area contributed by atoms with Crippen LogP contribution in [0.15, 0.2) is 84.4 Å². The number of nitrogens with two attached hydrogens (primary N) is 1. The van der Waals surface area contributed by atoms with E-state index in [0.717, 1.165) is 40.6 Å². The van der Waals surface area contributed by atoms with Crippen LogP contribution in [0.2, 0.25) is 0 Å². The quantitative estimate of drug-likeness (QED) is 0.301. The van der Waals surface area contributed by atoms with Crippen molar-refractivity contribution in [1.82, 2.24) is 5.32 Å². The smallest absolute Gasteiger partial charge is 0.151 e. The van der Waals surface area contributed by atoms with E-state index in [1.165, 1.54) is 0 Å². The predicted octanol–water partition coefficient (Wildman–Crippen LogP) is 4.22. The van der Waals surface area contributed by atoms with Crippen molar-refractivity contribution in [2.24, 2.45) is 10.7 Å². The molecule has 0 saturated carbocycles. The van der Waals surface area contributed by atoms with E-state index < -0.39 is 5.54 Å². The van der Waals surface area contributed by atoms with Crippen LogP contribution in [0.5, 0.6) is 5.75 Å². The number of carbonyl (C=O) groups excluding carboxylic acids is 1. The van der Waals surface area contributed by atoms with Crippen LogP contribution in [0.1, 0.15) is 23.6 Å². The summed E-state index contributed by atoms with van der Waals surface area (Å²) in [5.74, 6) is 0.166. The molecule has 0 aromatic heterocycles. The van der Waals surface area contributed by atoms with Crippen molar-refractivity contribution in [3.05, 3.63) is 96.1 Å². The van der Waals surface area contributed by atoms with Crippen molar-refractivity contribution in [2.45, 2.75) is 19.0 Å². The zero-order valence-corrected chi connectivity index (χ0v) is 16.9. The van der Waals surface area contributed by atoms with E-state index >= 15 is 0 Å². The standard InChI is InChI=1S/C25H25N3O2/c1-18(19-7-4-3-5-8-19)27-15-21-11-12-23(30)14-24(21)20-9-6-10-22(13-20)25(2,16-29)28-17-26/h3-14,16-17,27,30H,1,15H2,2H3,(H2,26,28). The van der Waals surface area contributed by atoms with Crippen LogP contribution in [-0.2, 0) is 16.9 Å². The highest BCUT2D eigenvalue weighted by Gasteiger charge is 2.25. The number of benzene rings is 3. The second kappa shape index (κ2) is 9.09. The molecule has 4 N–H and O–H groups in total. The fourth-order valence-electron chi connectivity index (χ4n) is 3.26. The SMILES string of the molecule is C=C(NCc1ccc(O)cc1-c1cccc(C(C)(C=O)N=CN)c1)c1ccccc1. The topological polar surface area (TPSA) is 87.7 Å². The van der Waals surface area contributed by atoms with Gasteiger partial charge in [-0.05, 0) is 52.9 Å². The van der Waals surface area contributed by atoms with Crippen LogP contribution in [0, 0.1) is 0 Å². The van der Waals surface area contributed by atoms with Gasteiger partial charge in [0.2, 0.25) is 0 Å². The molecule has 1 atom stereocenters. The van der Waals surface area contributed by atoms with E-state index in [1.54, 1.807) is 19.1 Å². The number of nitrogens with zero attached hydrogens (tertiary/aromatic N) is 1. The second-order valence-corrected chi connectivity index (χ2v) is 7.16. The number of phenolic OH excluding ortho intramolecular Hbond substituents is 1. The molecule has 5 nitrogen and oxygen atoms in total. The first-order chi connectivity index (χ1) is 14.5. The Bertz CT molecular complexity index is 1080. The molecule has 5 heteroatoms. The summed E-state index contributed by atoms with van der Waals surface area (Å²) >= 11 is 0. The Kier molecular flexibility index (Phi) is 6.32. The second-order valence-electron chi connectivity index (χ2n) is 7.16. The zero-order chi connectivity index (χ0) is 21.6. The Hall–Kier alpha value is -3.86. The van der Waals surface area contributed by atoms with Gasteiger partial charge >= 0.3 is 0 Å². The fraction of sp³-hybridized carbons (Fsp3) is 0.120. The summed E-state index contributed by atoms with van der Waals surface area (Å²) in [5.41, 5.74) is 9.62. The van der Waals surface area contributed by atoms with Crippen LogP contribution in [0.25, 0.3) is 16.8 Å². The van der Waals surface area contributed by atoms with E-state index in [1.807, 2.05) is 60.7 Å². The molecule has 0 fully saturated rings. The van der Waals surface area contributed by atoms with Gasteiger partial charge in [-0.15, -0.1) is 0 Å². The predicted molar refractivity (Wildman–Crippen MR) is 122 cm³/mol. The van der Waals surface area contributed by atoms with E-state index in [-0.39, 0.29) is 5.75 Å². The van der Waals surface area contributed by atoms with Gasteiger partial charge in [0.1, 0.15) is 11.3 Å². The molecule has 0 saturated heterocycles. The average Bonchev–Trinajstić information content (AvgIpc) is 2.78. The minimum absolute atomic E-state index is 0.166. The molecule has 0 heterocycles. The minimum atomic E-state index is -1.07. The van der Waals surface area contributed by atoms with Gasteiger partial charge in [-0.2, -0.15) is 0 Å². The Morgan fingerprint density at radius 1 is 1.13 bits per heavy atom. The van der Waals surface area contributed by atoms with Crippen molar-refractivity contribution in [1.29, 1.82) is 0 Å². The highest BCUT2D eigenvalue weighted by molar-refractivity contribution is 5.75. The molecule has 0 aliphatic heterocycles. The van der Waals surface area contributed by atoms with Crippen LogP contribution in [-0.4, -0.2) is 17.7 Å². The molecule has 0 aliphatic carbocycles. The van der Waals surface area contributed by atoms with Gasteiger partial charge in [-0.3, -0.25) is 4.99 Å². The summed E-state index contributed by atoms with van der Waals surface area (Å²) in [6, 6.07) is 22.7. The molecule has 3 rings (SSSR count). The van der Waals surface area contributed by atoms with Gasteiger partial charge in [0.25, 0.3) is 0 Å². The zero-order valence-electron chi connectivity index (χ0n) is 16.9. The number of aldehydes is 1. The minimum Gasteiger partial charge on any atom is -0.508 e. The number of hydrogen-bond acceptors (Lipinski definition) is 4. The number of phenols is 1. The summed E-state index contributed by atoms with van der Waals surface area (Å²) in [7, 11) is 0. The van der Waals surface area contributed by atoms with Crippen molar-refractivity contribution in [3.8, 4) is 16.9 Å². The molecule has 0 amide bonds.